The van der Waals surface area contributed by atoms with E-state index >= 15 is 0 Å². The molecule has 20 heavy (non-hydrogen) atoms. The molecule has 1 unspecified atom stereocenters. The van der Waals surface area contributed by atoms with Crippen molar-refractivity contribution >= 4 is 21.7 Å². The van der Waals surface area contributed by atoms with Crippen LogP contribution in [0, 0.1) is 5.41 Å². The molecule has 0 aromatic carbocycles. The van der Waals surface area contributed by atoms with Crippen LogP contribution < -0.4 is 5.32 Å². The molecule has 5 heteroatoms. The van der Waals surface area contributed by atoms with Crippen LogP contribution in [-0.4, -0.2) is 27.7 Å². The normalized spacial score (nSPS) is 14.2. The van der Waals surface area contributed by atoms with E-state index in [1.165, 1.54) is 0 Å². The van der Waals surface area contributed by atoms with Gasteiger partial charge >= 0.3 is 0 Å². The molecule has 1 heterocycles. The van der Waals surface area contributed by atoms with Gasteiger partial charge in [-0.05, 0) is 27.8 Å². The van der Waals surface area contributed by atoms with E-state index in [2.05, 4.69) is 72.8 Å². The number of nitrogens with zero attached hydrogens (tertiary/aromatic N) is 2. The zero-order chi connectivity index (χ0) is 15.6. The molecule has 0 aliphatic rings. The van der Waals surface area contributed by atoms with Crippen molar-refractivity contribution in [3.8, 4) is 0 Å². The lowest BCUT2D eigenvalue weighted by atomic mass is 9.89. The number of anilines is 1. The van der Waals surface area contributed by atoms with E-state index in [1.54, 1.807) is 0 Å². The van der Waals surface area contributed by atoms with Gasteiger partial charge in [-0.1, -0.05) is 41.5 Å². The van der Waals surface area contributed by atoms with Gasteiger partial charge in [-0.3, -0.25) is 0 Å². The zero-order valence-electron chi connectivity index (χ0n) is 13.3. The Kier molecular flexibility index (Phi) is 5.55. The Morgan fingerprint density at radius 2 is 1.80 bits per heavy atom. The topological polar surface area (TPSA) is 58.0 Å². The SMILES string of the molecule is CC(C)(C)CC(O)CNc1cc(Br)nc(C(C)(C)C)n1. The molecule has 0 fully saturated rings. The summed E-state index contributed by atoms with van der Waals surface area (Å²) >= 11 is 3.41. The fourth-order valence-electron chi connectivity index (χ4n) is 1.85. The van der Waals surface area contributed by atoms with Gasteiger partial charge in [0.1, 0.15) is 16.2 Å². The highest BCUT2D eigenvalue weighted by molar-refractivity contribution is 9.10. The monoisotopic (exact) mass is 343 g/mol. The zero-order valence-corrected chi connectivity index (χ0v) is 14.9. The van der Waals surface area contributed by atoms with Gasteiger partial charge in [0, 0.05) is 18.0 Å². The first-order chi connectivity index (χ1) is 8.97. The molecule has 0 aliphatic carbocycles. The molecule has 0 saturated heterocycles. The van der Waals surface area contributed by atoms with Crippen LogP contribution in [0.15, 0.2) is 10.7 Å². The largest absolute Gasteiger partial charge is 0.391 e. The van der Waals surface area contributed by atoms with Gasteiger partial charge in [0.25, 0.3) is 0 Å². The highest BCUT2D eigenvalue weighted by atomic mass is 79.9. The summed E-state index contributed by atoms with van der Waals surface area (Å²) in [6.07, 6.45) is 0.361. The smallest absolute Gasteiger partial charge is 0.137 e. The molecule has 1 atom stereocenters. The maximum atomic E-state index is 10.0. The highest BCUT2D eigenvalue weighted by Gasteiger charge is 2.20. The molecule has 0 bridgehead atoms. The maximum absolute atomic E-state index is 10.0. The third kappa shape index (κ3) is 6.18. The van der Waals surface area contributed by atoms with E-state index in [0.717, 1.165) is 22.7 Å². The van der Waals surface area contributed by atoms with Crippen LogP contribution in [0.1, 0.15) is 53.8 Å². The number of halogens is 1. The molecular formula is C15H26BrN3O. The minimum Gasteiger partial charge on any atom is -0.391 e. The summed E-state index contributed by atoms with van der Waals surface area (Å²) < 4.78 is 0.755. The predicted octanol–water partition coefficient (Wildman–Crippen LogP) is 3.75. The molecule has 0 amide bonds. The summed E-state index contributed by atoms with van der Waals surface area (Å²) in [5.74, 6) is 1.52. The number of hydrogen-bond donors (Lipinski definition) is 2. The van der Waals surface area contributed by atoms with Crippen LogP contribution in [0.3, 0.4) is 0 Å². The summed E-state index contributed by atoms with van der Waals surface area (Å²) in [7, 11) is 0. The predicted molar refractivity (Wildman–Crippen MR) is 87.0 cm³/mol. The number of hydrogen-bond acceptors (Lipinski definition) is 4. The first kappa shape index (κ1) is 17.4. The first-order valence-electron chi connectivity index (χ1n) is 6.94. The fourth-order valence-corrected chi connectivity index (χ4v) is 2.23. The minimum absolute atomic E-state index is 0.107. The Bertz CT molecular complexity index is 449. The van der Waals surface area contributed by atoms with Gasteiger partial charge < -0.3 is 10.4 Å². The summed E-state index contributed by atoms with van der Waals surface area (Å²) in [6, 6.07) is 1.83. The standard InChI is InChI=1S/C15H26BrN3O/c1-14(2,3)8-10(20)9-17-12-7-11(16)18-13(19-12)15(4,5)6/h7,10,20H,8-9H2,1-6H3,(H,17,18,19). The molecule has 114 valence electrons. The number of rotatable bonds is 4. The second-order valence-electron chi connectivity index (χ2n) is 7.45. The lowest BCUT2D eigenvalue weighted by Gasteiger charge is -2.23. The van der Waals surface area contributed by atoms with Gasteiger partial charge in [0.05, 0.1) is 6.10 Å². The van der Waals surface area contributed by atoms with Gasteiger partial charge in [-0.25, -0.2) is 9.97 Å². The average molecular weight is 344 g/mol. The van der Waals surface area contributed by atoms with Crippen LogP contribution in [0.25, 0.3) is 0 Å². The first-order valence-corrected chi connectivity index (χ1v) is 7.74. The van der Waals surface area contributed by atoms with E-state index in [1.807, 2.05) is 6.07 Å². The van der Waals surface area contributed by atoms with Crippen LogP contribution >= 0.6 is 15.9 Å². The molecule has 1 rings (SSSR count). The molecular weight excluding hydrogens is 318 g/mol. The number of nitrogens with one attached hydrogen (secondary N) is 1. The third-order valence-corrected chi connectivity index (χ3v) is 3.14. The maximum Gasteiger partial charge on any atom is 0.137 e. The summed E-state index contributed by atoms with van der Waals surface area (Å²) in [6.45, 7) is 13.1. The summed E-state index contributed by atoms with van der Waals surface area (Å²) in [5, 5.41) is 13.2. The van der Waals surface area contributed by atoms with Gasteiger partial charge in [-0.15, -0.1) is 0 Å². The average Bonchev–Trinajstić information content (AvgIpc) is 2.22. The molecule has 0 radical (unpaired) electrons. The number of aliphatic hydroxyl groups excluding tert-OH is 1. The second-order valence-corrected chi connectivity index (χ2v) is 8.26. The quantitative estimate of drug-likeness (QED) is 0.817. The van der Waals surface area contributed by atoms with Crippen molar-refractivity contribution in [2.24, 2.45) is 5.41 Å². The van der Waals surface area contributed by atoms with Gasteiger partial charge in [0.2, 0.25) is 0 Å². The Hall–Kier alpha value is -0.680. The lowest BCUT2D eigenvalue weighted by Crippen LogP contribution is -2.26. The van der Waals surface area contributed by atoms with Crippen LogP contribution in [0.4, 0.5) is 5.82 Å². The van der Waals surface area contributed by atoms with E-state index in [0.29, 0.717) is 6.54 Å². The van der Waals surface area contributed by atoms with Crippen molar-refractivity contribution < 1.29 is 5.11 Å². The molecule has 1 aromatic rings. The Morgan fingerprint density at radius 1 is 1.20 bits per heavy atom. The second kappa shape index (κ2) is 6.39. The number of aliphatic hydroxyl groups is 1. The fraction of sp³-hybridized carbons (Fsp3) is 0.733. The van der Waals surface area contributed by atoms with Crippen molar-refractivity contribution in [1.29, 1.82) is 0 Å². The van der Waals surface area contributed by atoms with Gasteiger partial charge in [0.15, 0.2) is 0 Å². The van der Waals surface area contributed by atoms with E-state index < -0.39 is 0 Å². The Morgan fingerprint density at radius 3 is 2.30 bits per heavy atom. The Labute approximate surface area is 130 Å². The Balaban J connectivity index is 2.71. The van der Waals surface area contributed by atoms with Crippen molar-refractivity contribution in [1.82, 2.24) is 9.97 Å². The highest BCUT2D eigenvalue weighted by Crippen LogP contribution is 2.23. The summed E-state index contributed by atoms with van der Waals surface area (Å²) in [4.78, 5) is 8.90. The van der Waals surface area contributed by atoms with Crippen molar-refractivity contribution in [3.63, 3.8) is 0 Å². The molecule has 0 spiro atoms. The van der Waals surface area contributed by atoms with Crippen LogP contribution in [0.2, 0.25) is 0 Å². The minimum atomic E-state index is -0.387. The van der Waals surface area contributed by atoms with Crippen LogP contribution in [0.5, 0.6) is 0 Å². The lowest BCUT2D eigenvalue weighted by molar-refractivity contribution is 0.132. The van der Waals surface area contributed by atoms with Crippen molar-refractivity contribution in [3.05, 3.63) is 16.5 Å². The summed E-state index contributed by atoms with van der Waals surface area (Å²) in [5.41, 5.74) is 0.00809. The van der Waals surface area contributed by atoms with E-state index in [-0.39, 0.29) is 16.9 Å². The van der Waals surface area contributed by atoms with Crippen molar-refractivity contribution in [2.45, 2.75) is 59.5 Å². The third-order valence-electron chi connectivity index (χ3n) is 2.73. The molecule has 1 aromatic heterocycles. The molecule has 0 aliphatic heterocycles. The molecule has 4 nitrogen and oxygen atoms in total. The van der Waals surface area contributed by atoms with Gasteiger partial charge in [-0.2, -0.15) is 0 Å². The molecule has 2 N–H and O–H groups in total. The van der Waals surface area contributed by atoms with E-state index in [4.69, 9.17) is 0 Å². The van der Waals surface area contributed by atoms with E-state index in [9.17, 15) is 5.11 Å². The van der Waals surface area contributed by atoms with Crippen LogP contribution in [-0.2, 0) is 5.41 Å². The molecule has 0 saturated carbocycles. The number of aromatic nitrogens is 2. The van der Waals surface area contributed by atoms with Crippen molar-refractivity contribution in [2.75, 3.05) is 11.9 Å².